The van der Waals surface area contributed by atoms with Crippen LogP contribution in [0.5, 0.6) is 0 Å². The van der Waals surface area contributed by atoms with Crippen LogP contribution in [0.4, 0.5) is 5.95 Å². The van der Waals surface area contributed by atoms with Crippen LogP contribution in [-0.4, -0.2) is 50.1 Å². The van der Waals surface area contributed by atoms with Crippen molar-refractivity contribution in [3.8, 4) is 21.6 Å². The molecule has 0 aliphatic carbocycles. The number of carboxylic acid groups (broad SMARTS) is 1. The van der Waals surface area contributed by atoms with Gasteiger partial charge in [0.25, 0.3) is 0 Å². The molecule has 42 heavy (non-hydrogen) atoms. The van der Waals surface area contributed by atoms with Gasteiger partial charge in [0.05, 0.1) is 29.3 Å². The first-order valence-electron chi connectivity index (χ1n) is 14.0. The molecule has 11 heteroatoms. The Morgan fingerprint density at radius 2 is 1.93 bits per heavy atom. The molecule has 0 spiro atoms. The van der Waals surface area contributed by atoms with Crippen molar-refractivity contribution in [2.24, 2.45) is 5.92 Å². The van der Waals surface area contributed by atoms with E-state index in [4.69, 9.17) is 15.6 Å². The fraction of sp³-hybridized carbons (Fsp3) is 0.290. The van der Waals surface area contributed by atoms with Crippen LogP contribution >= 0.6 is 11.3 Å². The summed E-state index contributed by atoms with van der Waals surface area (Å²) in [4.78, 5) is 21.6. The number of aromatic nitrogens is 5. The summed E-state index contributed by atoms with van der Waals surface area (Å²) in [6.07, 6.45) is 5.50. The molecule has 3 N–H and O–H groups in total. The number of ether oxygens (including phenoxy) is 1. The average Bonchev–Trinajstić information content (AvgIpc) is 3.65. The van der Waals surface area contributed by atoms with Crippen molar-refractivity contribution >= 4 is 63.4 Å². The second kappa shape index (κ2) is 11.0. The SMILES string of the molecule is CC(Cn1cc(-c2cc(-c3cc4ccccc4s3)c3c(cnn3COCC[Si](C)(C)C)c2)c2nc(N)ncc21)C(=O)O. The average molecular weight is 599 g/mol. The molecule has 0 saturated carbocycles. The van der Waals surface area contributed by atoms with Crippen LogP contribution in [0.25, 0.3) is 53.6 Å². The van der Waals surface area contributed by atoms with Gasteiger partial charge in [-0.25, -0.2) is 14.6 Å². The Morgan fingerprint density at radius 1 is 1.12 bits per heavy atom. The Hall–Kier alpha value is -4.06. The Bertz CT molecular complexity index is 1900. The molecule has 9 nitrogen and oxygen atoms in total. The van der Waals surface area contributed by atoms with Crippen molar-refractivity contribution in [3.05, 3.63) is 61.1 Å². The van der Waals surface area contributed by atoms with E-state index in [2.05, 4.69) is 72.1 Å². The number of fused-ring (bicyclic) bond motifs is 3. The number of hydrogen-bond acceptors (Lipinski definition) is 7. The summed E-state index contributed by atoms with van der Waals surface area (Å²) in [6.45, 7) is 10.1. The Morgan fingerprint density at radius 3 is 2.69 bits per heavy atom. The Balaban J connectivity index is 1.50. The molecule has 0 aliphatic rings. The summed E-state index contributed by atoms with van der Waals surface area (Å²) in [7, 11) is -1.21. The molecule has 0 fully saturated rings. The summed E-state index contributed by atoms with van der Waals surface area (Å²) in [5.74, 6) is -1.27. The van der Waals surface area contributed by atoms with Crippen molar-refractivity contribution in [1.29, 1.82) is 0 Å². The number of nitrogens with two attached hydrogens (primary N) is 1. The smallest absolute Gasteiger partial charge is 0.308 e. The predicted octanol–water partition coefficient (Wildman–Crippen LogP) is 6.94. The standard InChI is InChI=1S/C31H34N6O3SSi/c1-19(30(38)39)16-36-17-24(28-25(36)15-33-31(32)35-28)21-11-22-14-34-37(18-40-9-10-42(2,3)4)29(22)23(12-21)27-13-20-7-5-6-8-26(20)41-27/h5-8,11-15,17,19H,9-10,16,18H2,1-4H3,(H,38,39)(H2,32,33,35). The predicted molar refractivity (Wildman–Crippen MR) is 172 cm³/mol. The van der Waals surface area contributed by atoms with Crippen molar-refractivity contribution < 1.29 is 14.6 Å². The number of aliphatic carboxylic acids is 1. The van der Waals surface area contributed by atoms with Gasteiger partial charge in [-0.15, -0.1) is 11.3 Å². The van der Waals surface area contributed by atoms with Gasteiger partial charge in [-0.3, -0.25) is 4.79 Å². The molecule has 4 aromatic heterocycles. The van der Waals surface area contributed by atoms with Crippen LogP contribution in [0.3, 0.4) is 0 Å². The normalized spacial score (nSPS) is 13.0. The van der Waals surface area contributed by atoms with Gasteiger partial charge in [-0.1, -0.05) is 44.8 Å². The van der Waals surface area contributed by atoms with E-state index in [1.165, 1.54) is 10.1 Å². The summed E-state index contributed by atoms with van der Waals surface area (Å²) >= 11 is 1.74. The van der Waals surface area contributed by atoms with Gasteiger partial charge < -0.3 is 20.1 Å². The number of thiophene rings is 1. The van der Waals surface area contributed by atoms with Gasteiger partial charge in [0.15, 0.2) is 0 Å². The number of nitrogens with zero attached hydrogens (tertiary/aromatic N) is 5. The molecule has 216 valence electrons. The van der Waals surface area contributed by atoms with Gasteiger partial charge in [0.1, 0.15) is 12.2 Å². The molecular weight excluding hydrogens is 565 g/mol. The van der Waals surface area contributed by atoms with E-state index in [0.29, 0.717) is 18.9 Å². The lowest BCUT2D eigenvalue weighted by molar-refractivity contribution is -0.141. The number of rotatable bonds is 10. The monoisotopic (exact) mass is 598 g/mol. The number of carboxylic acids is 1. The van der Waals surface area contributed by atoms with Crippen LogP contribution in [0.2, 0.25) is 25.7 Å². The maximum absolute atomic E-state index is 11.7. The van der Waals surface area contributed by atoms with Crippen LogP contribution in [0.15, 0.2) is 61.1 Å². The number of benzene rings is 2. The molecule has 2 aromatic carbocycles. The molecule has 0 aliphatic heterocycles. The number of carbonyl (C=O) groups is 1. The third-order valence-electron chi connectivity index (χ3n) is 7.48. The molecule has 0 radical (unpaired) electrons. The van der Waals surface area contributed by atoms with E-state index < -0.39 is 20.0 Å². The van der Waals surface area contributed by atoms with Crippen molar-refractivity contribution in [3.63, 3.8) is 0 Å². The first-order valence-corrected chi connectivity index (χ1v) is 18.5. The van der Waals surface area contributed by atoms with Gasteiger partial charge in [-0.05, 0) is 41.3 Å². The molecule has 4 heterocycles. The van der Waals surface area contributed by atoms with Crippen LogP contribution < -0.4 is 5.73 Å². The molecule has 0 saturated heterocycles. The van der Waals surface area contributed by atoms with Crippen molar-refractivity contribution in [2.75, 3.05) is 12.3 Å². The van der Waals surface area contributed by atoms with E-state index >= 15 is 0 Å². The van der Waals surface area contributed by atoms with Crippen LogP contribution in [0, 0.1) is 5.92 Å². The highest BCUT2D eigenvalue weighted by molar-refractivity contribution is 7.22. The van der Waals surface area contributed by atoms with Crippen molar-refractivity contribution in [2.45, 2.75) is 45.9 Å². The quantitative estimate of drug-likeness (QED) is 0.129. The lowest BCUT2D eigenvalue weighted by Crippen LogP contribution is -2.22. The van der Waals surface area contributed by atoms with Gasteiger partial charge in [0, 0.05) is 53.5 Å². The lowest BCUT2D eigenvalue weighted by Gasteiger charge is -2.16. The van der Waals surface area contributed by atoms with E-state index in [-0.39, 0.29) is 12.5 Å². The zero-order valence-electron chi connectivity index (χ0n) is 24.2. The summed E-state index contributed by atoms with van der Waals surface area (Å²) in [5.41, 5.74) is 11.3. The number of anilines is 1. The molecule has 6 aromatic rings. The molecule has 0 bridgehead atoms. The minimum Gasteiger partial charge on any atom is -0.481 e. The van der Waals surface area contributed by atoms with E-state index in [1.807, 2.05) is 21.6 Å². The maximum Gasteiger partial charge on any atom is 0.308 e. The van der Waals surface area contributed by atoms with E-state index in [0.717, 1.165) is 44.0 Å². The summed E-state index contributed by atoms with van der Waals surface area (Å²) < 4.78 is 11.2. The zero-order chi connectivity index (χ0) is 29.6. The fourth-order valence-corrected chi connectivity index (χ4v) is 6.97. The lowest BCUT2D eigenvalue weighted by atomic mass is 10.0. The van der Waals surface area contributed by atoms with E-state index in [1.54, 1.807) is 24.5 Å². The van der Waals surface area contributed by atoms with Crippen molar-refractivity contribution in [1.82, 2.24) is 24.3 Å². The second-order valence-electron chi connectivity index (χ2n) is 12.0. The fourth-order valence-electron chi connectivity index (χ4n) is 5.14. The van der Waals surface area contributed by atoms with Gasteiger partial charge in [0.2, 0.25) is 5.95 Å². The van der Waals surface area contributed by atoms with Gasteiger partial charge >= 0.3 is 5.97 Å². The maximum atomic E-state index is 11.7. The highest BCUT2D eigenvalue weighted by Gasteiger charge is 2.21. The summed E-state index contributed by atoms with van der Waals surface area (Å²) in [6, 6.07) is 16.0. The Kier molecular flexibility index (Phi) is 7.33. The first kappa shape index (κ1) is 28.1. The number of hydrogen-bond donors (Lipinski definition) is 2. The molecule has 6 rings (SSSR count). The molecular formula is C31H34N6O3SSi. The molecule has 0 amide bonds. The van der Waals surface area contributed by atoms with E-state index in [9.17, 15) is 9.90 Å². The second-order valence-corrected chi connectivity index (χ2v) is 18.7. The molecule has 1 unspecified atom stereocenters. The zero-order valence-corrected chi connectivity index (χ0v) is 26.0. The Labute approximate surface area is 248 Å². The van der Waals surface area contributed by atoms with Crippen LogP contribution in [0.1, 0.15) is 6.92 Å². The largest absolute Gasteiger partial charge is 0.481 e. The number of nitrogen functional groups attached to an aromatic ring is 1. The highest BCUT2D eigenvalue weighted by Crippen LogP contribution is 2.41. The topological polar surface area (TPSA) is 121 Å². The van der Waals surface area contributed by atoms with Gasteiger partial charge in [-0.2, -0.15) is 5.10 Å². The minimum atomic E-state index is -1.21. The third kappa shape index (κ3) is 5.55. The highest BCUT2D eigenvalue weighted by atomic mass is 32.1. The van der Waals surface area contributed by atoms with Crippen LogP contribution in [-0.2, 0) is 22.8 Å². The molecule has 1 atom stereocenters. The third-order valence-corrected chi connectivity index (χ3v) is 10.3. The summed E-state index contributed by atoms with van der Waals surface area (Å²) in [5, 5.41) is 16.5. The minimum absolute atomic E-state index is 0.168. The first-order chi connectivity index (χ1) is 20.1.